The highest BCUT2D eigenvalue weighted by Crippen LogP contribution is 2.28. The van der Waals surface area contributed by atoms with Crippen LogP contribution in [0, 0.1) is 0 Å². The van der Waals surface area contributed by atoms with E-state index in [-0.39, 0.29) is 0 Å². The van der Waals surface area contributed by atoms with Crippen molar-refractivity contribution in [3.63, 3.8) is 0 Å². The van der Waals surface area contributed by atoms with E-state index < -0.39 is 0 Å². The molecule has 0 fully saturated rings. The lowest BCUT2D eigenvalue weighted by Crippen LogP contribution is -2.01. The molecular weight excluding hydrogens is 250 g/mol. The van der Waals surface area contributed by atoms with Gasteiger partial charge in [-0.25, -0.2) is 4.98 Å². The van der Waals surface area contributed by atoms with Crippen LogP contribution < -0.4 is 10.1 Å². The van der Waals surface area contributed by atoms with E-state index in [9.17, 15) is 0 Å². The van der Waals surface area contributed by atoms with Crippen molar-refractivity contribution in [2.75, 3.05) is 12.4 Å². The largest absolute Gasteiger partial charge is 0.469 e. The monoisotopic (exact) mass is 261 g/mol. The van der Waals surface area contributed by atoms with Crippen LogP contribution in [0.1, 0.15) is 5.76 Å². The van der Waals surface area contributed by atoms with Gasteiger partial charge < -0.3 is 14.5 Å². The minimum Gasteiger partial charge on any atom is -0.469 e. The fraction of sp³-hybridized carbons (Fsp3) is 0.167. The van der Waals surface area contributed by atoms with E-state index in [0.717, 1.165) is 16.0 Å². The summed E-state index contributed by atoms with van der Waals surface area (Å²) in [5.74, 6) is 1.89. The van der Waals surface area contributed by atoms with Gasteiger partial charge in [0, 0.05) is 7.05 Å². The maximum absolute atomic E-state index is 5.69. The molecular formula is C12H11N3O2S. The Morgan fingerprint density at radius 3 is 3.11 bits per heavy atom. The standard InChI is InChI=1S/C12H11N3O2S/c1-13-12-14-10(9-4-6-18-11(9)15-12)17-7-8-3-2-5-16-8/h2-6H,7H2,1H3,(H,13,14,15). The highest BCUT2D eigenvalue weighted by molar-refractivity contribution is 7.16. The summed E-state index contributed by atoms with van der Waals surface area (Å²) >= 11 is 1.56. The number of ether oxygens (including phenoxy) is 1. The number of hydrogen-bond acceptors (Lipinski definition) is 6. The molecule has 0 radical (unpaired) electrons. The molecule has 0 spiro atoms. The number of aromatic nitrogens is 2. The first-order chi connectivity index (χ1) is 8.86. The summed E-state index contributed by atoms with van der Waals surface area (Å²) in [5, 5.41) is 5.82. The van der Waals surface area contributed by atoms with Gasteiger partial charge in [-0.3, -0.25) is 0 Å². The lowest BCUT2D eigenvalue weighted by Gasteiger charge is -2.06. The Kier molecular flexibility index (Phi) is 2.85. The zero-order valence-corrected chi connectivity index (χ0v) is 10.5. The predicted molar refractivity (Wildman–Crippen MR) is 70.0 cm³/mol. The zero-order valence-electron chi connectivity index (χ0n) is 9.71. The second-order valence-corrected chi connectivity index (χ2v) is 4.50. The van der Waals surface area contributed by atoms with Crippen molar-refractivity contribution >= 4 is 27.5 Å². The van der Waals surface area contributed by atoms with Crippen LogP contribution in [-0.2, 0) is 6.61 Å². The van der Waals surface area contributed by atoms with E-state index in [2.05, 4.69) is 15.3 Å². The first kappa shape index (κ1) is 11.0. The zero-order chi connectivity index (χ0) is 12.4. The number of thiophene rings is 1. The van der Waals surface area contributed by atoms with Crippen molar-refractivity contribution < 1.29 is 9.15 Å². The van der Waals surface area contributed by atoms with Crippen molar-refractivity contribution in [2.45, 2.75) is 6.61 Å². The van der Waals surface area contributed by atoms with Crippen LogP contribution >= 0.6 is 11.3 Å². The Hall–Kier alpha value is -2.08. The average Bonchev–Trinajstić information content (AvgIpc) is 3.06. The Bertz CT molecular complexity index is 648. The van der Waals surface area contributed by atoms with Gasteiger partial charge in [0.15, 0.2) is 0 Å². The summed E-state index contributed by atoms with van der Waals surface area (Å²) in [4.78, 5) is 9.57. The Morgan fingerprint density at radius 1 is 1.39 bits per heavy atom. The molecule has 6 heteroatoms. The first-order valence-corrected chi connectivity index (χ1v) is 6.33. The van der Waals surface area contributed by atoms with Crippen molar-refractivity contribution in [1.29, 1.82) is 0 Å². The molecule has 0 aliphatic rings. The van der Waals surface area contributed by atoms with Gasteiger partial charge in [-0.05, 0) is 23.6 Å². The average molecular weight is 261 g/mol. The first-order valence-electron chi connectivity index (χ1n) is 5.45. The second-order valence-electron chi connectivity index (χ2n) is 3.61. The number of hydrogen-bond donors (Lipinski definition) is 1. The van der Waals surface area contributed by atoms with Crippen LogP contribution in [0.3, 0.4) is 0 Å². The smallest absolute Gasteiger partial charge is 0.227 e. The van der Waals surface area contributed by atoms with E-state index in [0.29, 0.717) is 18.4 Å². The van der Waals surface area contributed by atoms with Gasteiger partial charge in [0.25, 0.3) is 0 Å². The fourth-order valence-electron chi connectivity index (χ4n) is 1.58. The highest BCUT2D eigenvalue weighted by atomic mass is 32.1. The van der Waals surface area contributed by atoms with Gasteiger partial charge in [0.05, 0.1) is 11.6 Å². The van der Waals surface area contributed by atoms with Crippen molar-refractivity contribution in [3.8, 4) is 5.88 Å². The molecule has 0 saturated heterocycles. The molecule has 92 valence electrons. The predicted octanol–water partition coefficient (Wildman–Crippen LogP) is 2.91. The molecule has 3 heterocycles. The second kappa shape index (κ2) is 4.66. The van der Waals surface area contributed by atoms with Gasteiger partial charge >= 0.3 is 0 Å². The number of fused-ring (bicyclic) bond motifs is 1. The van der Waals surface area contributed by atoms with Crippen LogP contribution in [-0.4, -0.2) is 17.0 Å². The van der Waals surface area contributed by atoms with Gasteiger partial charge in [0.1, 0.15) is 17.2 Å². The summed E-state index contributed by atoms with van der Waals surface area (Å²) < 4.78 is 10.9. The molecule has 0 aromatic carbocycles. The topological polar surface area (TPSA) is 60.2 Å². The summed E-state index contributed by atoms with van der Waals surface area (Å²) in [6.07, 6.45) is 1.62. The molecule has 3 aromatic rings. The summed E-state index contributed by atoms with van der Waals surface area (Å²) in [7, 11) is 1.78. The molecule has 18 heavy (non-hydrogen) atoms. The number of nitrogens with zero attached hydrogens (tertiary/aromatic N) is 2. The molecule has 5 nitrogen and oxygen atoms in total. The molecule has 0 aliphatic heterocycles. The van der Waals surface area contributed by atoms with Crippen LogP contribution in [0.2, 0.25) is 0 Å². The van der Waals surface area contributed by atoms with Crippen LogP contribution in [0.15, 0.2) is 34.3 Å². The summed E-state index contributed by atoms with van der Waals surface area (Å²) in [5.41, 5.74) is 0. The summed E-state index contributed by atoms with van der Waals surface area (Å²) in [6, 6.07) is 5.65. The maximum atomic E-state index is 5.69. The van der Waals surface area contributed by atoms with Crippen molar-refractivity contribution in [3.05, 3.63) is 35.6 Å². The third-order valence-corrected chi connectivity index (χ3v) is 3.25. The van der Waals surface area contributed by atoms with E-state index >= 15 is 0 Å². The van der Waals surface area contributed by atoms with Crippen molar-refractivity contribution in [1.82, 2.24) is 9.97 Å². The lowest BCUT2D eigenvalue weighted by molar-refractivity contribution is 0.264. The van der Waals surface area contributed by atoms with Gasteiger partial charge in [-0.2, -0.15) is 4.98 Å². The lowest BCUT2D eigenvalue weighted by atomic mass is 10.4. The number of furan rings is 1. The molecule has 0 aliphatic carbocycles. The molecule has 1 N–H and O–H groups in total. The van der Waals surface area contributed by atoms with E-state index in [1.807, 2.05) is 23.6 Å². The Balaban J connectivity index is 1.92. The number of rotatable bonds is 4. The van der Waals surface area contributed by atoms with Gasteiger partial charge in [-0.1, -0.05) is 0 Å². The van der Waals surface area contributed by atoms with E-state index in [1.165, 1.54) is 0 Å². The molecule has 0 bridgehead atoms. The van der Waals surface area contributed by atoms with Crippen LogP contribution in [0.25, 0.3) is 10.2 Å². The van der Waals surface area contributed by atoms with E-state index in [1.54, 1.807) is 24.6 Å². The fourth-order valence-corrected chi connectivity index (χ4v) is 2.34. The van der Waals surface area contributed by atoms with Gasteiger partial charge in [-0.15, -0.1) is 11.3 Å². The molecule has 3 rings (SSSR count). The quantitative estimate of drug-likeness (QED) is 0.782. The third kappa shape index (κ3) is 2.02. The molecule has 0 saturated carbocycles. The SMILES string of the molecule is CNc1nc(OCc2ccco2)c2ccsc2n1. The minimum atomic E-state index is 0.359. The minimum absolute atomic E-state index is 0.359. The third-order valence-electron chi connectivity index (χ3n) is 2.44. The maximum Gasteiger partial charge on any atom is 0.227 e. The van der Waals surface area contributed by atoms with Crippen LogP contribution in [0.5, 0.6) is 5.88 Å². The Morgan fingerprint density at radius 2 is 2.33 bits per heavy atom. The van der Waals surface area contributed by atoms with E-state index in [4.69, 9.17) is 9.15 Å². The van der Waals surface area contributed by atoms with Crippen LogP contribution in [0.4, 0.5) is 5.95 Å². The normalized spacial score (nSPS) is 10.7. The number of nitrogens with one attached hydrogen (secondary N) is 1. The molecule has 0 unspecified atom stereocenters. The molecule has 0 amide bonds. The van der Waals surface area contributed by atoms with Crippen molar-refractivity contribution in [2.24, 2.45) is 0 Å². The molecule has 0 atom stereocenters. The highest BCUT2D eigenvalue weighted by Gasteiger charge is 2.10. The van der Waals surface area contributed by atoms with Gasteiger partial charge in [0.2, 0.25) is 11.8 Å². The summed E-state index contributed by atoms with van der Waals surface area (Å²) in [6.45, 7) is 0.359. The molecule has 3 aromatic heterocycles. The Labute approximate surface area is 107 Å². The number of anilines is 1.